The highest BCUT2D eigenvalue weighted by molar-refractivity contribution is 5.88. The molecule has 3 aromatic carbocycles. The third-order valence-electron chi connectivity index (χ3n) is 6.40. The Morgan fingerprint density at radius 3 is 2.10 bits per heavy atom. The number of aliphatic hydroxyl groups excluding tert-OH is 1. The molecular weight excluding hydrogens is 504 g/mol. The average molecular weight is 541 g/mol. The van der Waals surface area contributed by atoms with Gasteiger partial charge in [0.1, 0.15) is 6.10 Å². The van der Waals surface area contributed by atoms with Crippen molar-refractivity contribution in [3.63, 3.8) is 0 Å². The van der Waals surface area contributed by atoms with E-state index < -0.39 is 24.6 Å². The Bertz CT molecular complexity index is 1260. The van der Waals surface area contributed by atoms with E-state index >= 15 is 0 Å². The molecule has 0 saturated carbocycles. The third-order valence-corrected chi connectivity index (χ3v) is 6.40. The van der Waals surface area contributed by atoms with E-state index in [9.17, 15) is 20.1 Å². The molecule has 0 aliphatic rings. The van der Waals surface area contributed by atoms with Gasteiger partial charge in [-0.25, -0.2) is 4.79 Å². The Morgan fingerprint density at radius 2 is 1.49 bits per heavy atom. The SMILES string of the molecule is CCCC(C)Oc1ccc(C(c2cccc(OC)c2O)C(CO)Oc2ccc(C(=O)O)cc2OC)cc1OC. The maximum Gasteiger partial charge on any atom is 0.335 e. The number of carbonyl (C=O) groups is 1. The van der Waals surface area contributed by atoms with Crippen molar-refractivity contribution in [2.24, 2.45) is 0 Å². The number of rotatable bonds is 14. The lowest BCUT2D eigenvalue weighted by molar-refractivity contribution is 0.0695. The van der Waals surface area contributed by atoms with Crippen LogP contribution in [0.25, 0.3) is 0 Å². The van der Waals surface area contributed by atoms with E-state index in [1.165, 1.54) is 32.4 Å². The van der Waals surface area contributed by atoms with Gasteiger partial charge in [-0.3, -0.25) is 0 Å². The molecule has 3 unspecified atom stereocenters. The highest BCUT2D eigenvalue weighted by Crippen LogP contribution is 2.43. The van der Waals surface area contributed by atoms with Crippen LogP contribution in [-0.2, 0) is 0 Å². The number of aromatic carboxylic acids is 1. The molecule has 210 valence electrons. The van der Waals surface area contributed by atoms with Crippen LogP contribution >= 0.6 is 0 Å². The smallest absolute Gasteiger partial charge is 0.335 e. The Hall–Kier alpha value is -4.11. The number of aliphatic hydroxyl groups is 1. The molecule has 3 atom stereocenters. The number of benzene rings is 3. The van der Waals surface area contributed by atoms with Crippen molar-refractivity contribution in [1.29, 1.82) is 0 Å². The van der Waals surface area contributed by atoms with E-state index in [1.807, 2.05) is 13.0 Å². The van der Waals surface area contributed by atoms with E-state index in [4.69, 9.17) is 23.7 Å². The molecule has 0 spiro atoms. The van der Waals surface area contributed by atoms with Crippen molar-refractivity contribution in [3.05, 3.63) is 71.3 Å². The topological polar surface area (TPSA) is 124 Å². The standard InChI is InChI=1S/C30H36O9/c1-6-8-18(2)38-22-13-11-19(15-25(22)36-4)28(21-9-7-10-24(35-3)29(21)32)27(17-31)39-23-14-12-20(30(33)34)16-26(23)37-5/h7,9-16,18,27-28,31-32H,6,8,17H2,1-5H3,(H,33,34). The van der Waals surface area contributed by atoms with Crippen LogP contribution in [0, 0.1) is 0 Å². The van der Waals surface area contributed by atoms with Crippen LogP contribution in [0.3, 0.4) is 0 Å². The van der Waals surface area contributed by atoms with E-state index in [2.05, 4.69) is 6.92 Å². The molecular formula is C30H36O9. The molecule has 0 fully saturated rings. The minimum Gasteiger partial charge on any atom is -0.504 e. The lowest BCUT2D eigenvalue weighted by Gasteiger charge is -2.29. The molecule has 9 heteroatoms. The summed E-state index contributed by atoms with van der Waals surface area (Å²) in [4.78, 5) is 11.4. The summed E-state index contributed by atoms with van der Waals surface area (Å²) in [5.41, 5.74) is 1.15. The average Bonchev–Trinajstić information content (AvgIpc) is 2.94. The second kappa shape index (κ2) is 13.6. The van der Waals surface area contributed by atoms with Crippen molar-refractivity contribution in [2.45, 2.75) is 44.8 Å². The molecule has 0 heterocycles. The van der Waals surface area contributed by atoms with Crippen LogP contribution < -0.4 is 23.7 Å². The molecule has 0 aliphatic heterocycles. The number of carboxylic acids is 1. The summed E-state index contributed by atoms with van der Waals surface area (Å²) in [6.45, 7) is 3.64. The van der Waals surface area contributed by atoms with Crippen LogP contribution in [0.1, 0.15) is 54.1 Å². The Labute approximate surface area is 228 Å². The van der Waals surface area contributed by atoms with Gasteiger partial charge in [-0.05, 0) is 55.3 Å². The number of aromatic hydroxyl groups is 1. The van der Waals surface area contributed by atoms with E-state index in [1.54, 1.807) is 37.4 Å². The Morgan fingerprint density at radius 1 is 0.846 bits per heavy atom. The first-order chi connectivity index (χ1) is 18.8. The number of para-hydroxylation sites is 1. The van der Waals surface area contributed by atoms with Crippen LogP contribution in [-0.4, -0.2) is 61.4 Å². The summed E-state index contributed by atoms with van der Waals surface area (Å²) in [7, 11) is 4.40. The maximum atomic E-state index is 11.4. The fourth-order valence-electron chi connectivity index (χ4n) is 4.48. The first kappa shape index (κ1) is 29.4. The van der Waals surface area contributed by atoms with Gasteiger partial charge in [-0.1, -0.05) is 31.5 Å². The highest BCUT2D eigenvalue weighted by atomic mass is 16.5. The van der Waals surface area contributed by atoms with Crippen LogP contribution in [0.4, 0.5) is 0 Å². The fraction of sp³-hybridized carbons (Fsp3) is 0.367. The van der Waals surface area contributed by atoms with Gasteiger partial charge in [0.2, 0.25) is 0 Å². The highest BCUT2D eigenvalue weighted by Gasteiger charge is 2.31. The van der Waals surface area contributed by atoms with Gasteiger partial charge < -0.3 is 39.0 Å². The number of hydrogen-bond acceptors (Lipinski definition) is 8. The molecule has 3 aromatic rings. The number of phenols is 1. The van der Waals surface area contributed by atoms with Crippen LogP contribution in [0.15, 0.2) is 54.6 Å². The summed E-state index contributed by atoms with van der Waals surface area (Å²) < 4.78 is 28.6. The summed E-state index contributed by atoms with van der Waals surface area (Å²) in [6, 6.07) is 14.7. The zero-order valence-electron chi connectivity index (χ0n) is 22.8. The quantitative estimate of drug-likeness (QED) is 0.251. The van der Waals surface area contributed by atoms with Crippen LogP contribution in [0.5, 0.6) is 34.5 Å². The van der Waals surface area contributed by atoms with Gasteiger partial charge in [0.25, 0.3) is 0 Å². The predicted molar refractivity (Wildman–Crippen MR) is 146 cm³/mol. The summed E-state index contributed by atoms with van der Waals surface area (Å²) in [5.74, 6) is -0.173. The molecule has 3 N–H and O–H groups in total. The van der Waals surface area contributed by atoms with Crippen molar-refractivity contribution in [3.8, 4) is 34.5 Å². The van der Waals surface area contributed by atoms with Gasteiger partial charge in [0.15, 0.2) is 34.5 Å². The first-order valence-electron chi connectivity index (χ1n) is 12.7. The maximum absolute atomic E-state index is 11.4. The molecule has 0 saturated heterocycles. The lowest BCUT2D eigenvalue weighted by Crippen LogP contribution is -2.30. The predicted octanol–water partition coefficient (Wildman–Crippen LogP) is 5.26. The van der Waals surface area contributed by atoms with Crippen LogP contribution in [0.2, 0.25) is 0 Å². The molecule has 0 radical (unpaired) electrons. The molecule has 39 heavy (non-hydrogen) atoms. The summed E-state index contributed by atoms with van der Waals surface area (Å²) in [5, 5.41) is 31.0. The molecule has 0 bridgehead atoms. The zero-order valence-corrected chi connectivity index (χ0v) is 22.8. The number of methoxy groups -OCH3 is 3. The zero-order chi connectivity index (χ0) is 28.5. The van der Waals surface area contributed by atoms with Gasteiger partial charge in [-0.15, -0.1) is 0 Å². The molecule has 9 nitrogen and oxygen atoms in total. The van der Waals surface area contributed by atoms with Gasteiger partial charge in [0, 0.05) is 5.56 Å². The molecule has 0 amide bonds. The van der Waals surface area contributed by atoms with Gasteiger partial charge in [0.05, 0.1) is 45.5 Å². The number of phenolic OH excluding ortho intramolecular Hbond substituents is 1. The van der Waals surface area contributed by atoms with Crippen molar-refractivity contribution >= 4 is 5.97 Å². The summed E-state index contributed by atoms with van der Waals surface area (Å²) >= 11 is 0. The Balaban J connectivity index is 2.12. The second-order valence-electron chi connectivity index (χ2n) is 9.01. The van der Waals surface area contributed by atoms with E-state index in [-0.39, 0.29) is 34.7 Å². The van der Waals surface area contributed by atoms with Gasteiger partial charge in [-0.2, -0.15) is 0 Å². The summed E-state index contributed by atoms with van der Waals surface area (Å²) in [6.07, 6.45) is 0.921. The lowest BCUT2D eigenvalue weighted by atomic mass is 9.85. The van der Waals surface area contributed by atoms with Crippen molar-refractivity contribution in [1.82, 2.24) is 0 Å². The van der Waals surface area contributed by atoms with E-state index in [0.717, 1.165) is 12.8 Å². The molecule has 0 aromatic heterocycles. The van der Waals surface area contributed by atoms with Crippen molar-refractivity contribution < 1.29 is 43.8 Å². The third kappa shape index (κ3) is 6.86. The largest absolute Gasteiger partial charge is 0.504 e. The number of ether oxygens (including phenoxy) is 5. The molecule has 0 aliphatic carbocycles. The monoisotopic (exact) mass is 540 g/mol. The minimum absolute atomic E-state index is 0.0114. The Kier molecular flexibility index (Phi) is 10.3. The number of hydrogen-bond donors (Lipinski definition) is 3. The van der Waals surface area contributed by atoms with E-state index in [0.29, 0.717) is 22.6 Å². The fourth-order valence-corrected chi connectivity index (χ4v) is 4.48. The minimum atomic E-state index is -1.11. The normalized spacial score (nSPS) is 13.2. The number of carboxylic acid groups (broad SMARTS) is 1. The molecule has 3 rings (SSSR count). The van der Waals surface area contributed by atoms with Crippen molar-refractivity contribution in [2.75, 3.05) is 27.9 Å². The second-order valence-corrected chi connectivity index (χ2v) is 9.01. The first-order valence-corrected chi connectivity index (χ1v) is 12.7. The van der Waals surface area contributed by atoms with Gasteiger partial charge >= 0.3 is 5.97 Å².